The highest BCUT2D eigenvalue weighted by Crippen LogP contribution is 2.43. The third-order valence-electron chi connectivity index (χ3n) is 8.98. The zero-order valence-electron chi connectivity index (χ0n) is 29.5. The predicted octanol–water partition coefficient (Wildman–Crippen LogP) is -2.06. The van der Waals surface area contributed by atoms with Gasteiger partial charge >= 0.3 is 29.8 Å². The monoisotopic (exact) mass is 784 g/mol. The molecule has 4 heterocycles. The van der Waals surface area contributed by atoms with Gasteiger partial charge in [0.25, 0.3) is 0 Å². The van der Waals surface area contributed by atoms with Crippen LogP contribution in [0.5, 0.6) is 11.5 Å². The van der Waals surface area contributed by atoms with Gasteiger partial charge in [0, 0.05) is 27.2 Å². The topological polar surface area (TPSA) is 299 Å². The molecule has 0 radical (unpaired) electrons. The van der Waals surface area contributed by atoms with E-state index in [1.54, 1.807) is 0 Å². The van der Waals surface area contributed by atoms with E-state index in [1.807, 2.05) is 0 Å². The van der Waals surface area contributed by atoms with Crippen LogP contribution in [0.25, 0.3) is 0 Å². The van der Waals surface area contributed by atoms with Crippen LogP contribution in [-0.4, -0.2) is 147 Å². The summed E-state index contributed by atoms with van der Waals surface area (Å²) in [6.45, 7) is 5.67. The van der Waals surface area contributed by atoms with Crippen LogP contribution in [-0.2, 0) is 61.8 Å². The molecule has 0 bridgehead atoms. The van der Waals surface area contributed by atoms with Crippen LogP contribution < -0.4 is 4.74 Å². The van der Waals surface area contributed by atoms with Gasteiger partial charge in [-0.05, 0) is 12.1 Å². The predicted molar refractivity (Wildman–Crippen MR) is 171 cm³/mol. The molecule has 4 aliphatic rings. The Hall–Kier alpha value is -4.87. The molecule has 21 heteroatoms. The standard InChI is InChI=1S/C34H40O21/c1-5-17-30(47-12-18-29(44)46-10-9-34(17,18)45)54-33-26(49-14(3)37)25(48-13(2)36)27(32(55-33)50-15(4)38)53-28(43)16-7-6-8-19(21(16)39)51-31-24(42)23(41)22(40)20(11-35)52-31/h5-8,12,17,20,22-27,30-33,35,39-42,45H,1,9-11H2,2-4H3/t17?,20-,22-,23+,24-,25-,26-,27?,30?,31+,32+,33-,34-/m1/s1. The number of rotatable bonds is 11. The Balaban J connectivity index is 1.45. The van der Waals surface area contributed by atoms with Crippen molar-refractivity contribution in [3.8, 4) is 11.5 Å². The van der Waals surface area contributed by atoms with Gasteiger partial charge in [-0.2, -0.15) is 0 Å². The van der Waals surface area contributed by atoms with Gasteiger partial charge in [0.1, 0.15) is 41.2 Å². The lowest BCUT2D eigenvalue weighted by Gasteiger charge is -2.47. The number of fused-ring (bicyclic) bond motifs is 1. The maximum atomic E-state index is 13.7. The Morgan fingerprint density at radius 2 is 1.53 bits per heavy atom. The van der Waals surface area contributed by atoms with E-state index in [4.69, 9.17) is 47.4 Å². The second-order valence-electron chi connectivity index (χ2n) is 12.7. The second kappa shape index (κ2) is 16.9. The van der Waals surface area contributed by atoms with Gasteiger partial charge in [-0.25, -0.2) is 9.59 Å². The first kappa shape index (κ1) is 41.3. The number of phenolic OH excluding ortho intramolecular Hbond substituents is 1. The van der Waals surface area contributed by atoms with E-state index < -0.39 is 133 Å². The largest absolute Gasteiger partial charge is 0.504 e. The summed E-state index contributed by atoms with van der Waals surface area (Å²) in [6.07, 6.45) is -17.5. The highest BCUT2D eigenvalue weighted by molar-refractivity contribution is 5.93. The van der Waals surface area contributed by atoms with Gasteiger partial charge < -0.3 is 78.0 Å². The maximum Gasteiger partial charge on any atom is 0.342 e. The zero-order chi connectivity index (χ0) is 40.4. The first-order valence-corrected chi connectivity index (χ1v) is 16.7. The molecule has 1 aromatic carbocycles. The molecule has 1 aromatic rings. The summed E-state index contributed by atoms with van der Waals surface area (Å²) < 4.78 is 54.9. The fraction of sp³-hybridized carbons (Fsp3) is 0.559. The Labute approximate surface area is 311 Å². The number of aliphatic hydroxyl groups is 5. The van der Waals surface area contributed by atoms with Gasteiger partial charge in [0.05, 0.1) is 25.4 Å². The number of carbonyl (C=O) groups is 5. The van der Waals surface area contributed by atoms with Crippen molar-refractivity contribution < 1.29 is 102 Å². The van der Waals surface area contributed by atoms with Crippen LogP contribution in [0.15, 0.2) is 42.7 Å². The van der Waals surface area contributed by atoms with Gasteiger partial charge in [0.15, 0.2) is 23.7 Å². The number of hydrogen-bond donors (Lipinski definition) is 6. The number of esters is 5. The first-order chi connectivity index (χ1) is 26.0. The fourth-order valence-corrected chi connectivity index (χ4v) is 6.36. The minimum Gasteiger partial charge on any atom is -0.504 e. The average Bonchev–Trinajstić information content (AvgIpc) is 3.11. The molecule has 302 valence electrons. The summed E-state index contributed by atoms with van der Waals surface area (Å²) in [4.78, 5) is 63.2. The van der Waals surface area contributed by atoms with Crippen molar-refractivity contribution >= 4 is 29.8 Å². The molecule has 5 rings (SSSR count). The van der Waals surface area contributed by atoms with Gasteiger partial charge in [-0.1, -0.05) is 12.1 Å². The zero-order valence-corrected chi connectivity index (χ0v) is 29.5. The van der Waals surface area contributed by atoms with Gasteiger partial charge in [-0.3, -0.25) is 14.4 Å². The Morgan fingerprint density at radius 3 is 2.16 bits per heavy atom. The highest BCUT2D eigenvalue weighted by atomic mass is 16.8. The lowest BCUT2D eigenvalue weighted by molar-refractivity contribution is -0.371. The smallest absolute Gasteiger partial charge is 0.342 e. The van der Waals surface area contributed by atoms with Crippen molar-refractivity contribution in [3.05, 3.63) is 48.3 Å². The number of cyclic esters (lactones) is 1. The molecular formula is C34H40O21. The minimum atomic E-state index is -1.98. The van der Waals surface area contributed by atoms with Crippen molar-refractivity contribution in [2.45, 2.75) is 101 Å². The van der Waals surface area contributed by atoms with Crippen LogP contribution in [0, 0.1) is 5.92 Å². The Morgan fingerprint density at radius 1 is 0.873 bits per heavy atom. The molecule has 6 N–H and O–H groups in total. The molecule has 13 atom stereocenters. The molecule has 0 aromatic heterocycles. The molecule has 55 heavy (non-hydrogen) atoms. The summed E-state index contributed by atoms with van der Waals surface area (Å²) in [7, 11) is 0. The molecule has 0 spiro atoms. The van der Waals surface area contributed by atoms with Crippen LogP contribution in [0.2, 0.25) is 0 Å². The molecule has 3 saturated heterocycles. The first-order valence-electron chi connectivity index (χ1n) is 16.7. The van der Waals surface area contributed by atoms with Crippen molar-refractivity contribution in [2.24, 2.45) is 5.92 Å². The lowest BCUT2D eigenvalue weighted by Crippen LogP contribution is -2.64. The van der Waals surface area contributed by atoms with E-state index in [0.717, 1.165) is 39.2 Å². The van der Waals surface area contributed by atoms with E-state index in [0.29, 0.717) is 0 Å². The van der Waals surface area contributed by atoms with E-state index in [9.17, 15) is 54.6 Å². The van der Waals surface area contributed by atoms with E-state index in [1.165, 1.54) is 12.1 Å². The maximum absolute atomic E-state index is 13.7. The Kier molecular flexibility index (Phi) is 12.7. The number of para-hydroxylation sites is 1. The van der Waals surface area contributed by atoms with Crippen molar-refractivity contribution in [1.29, 1.82) is 0 Å². The normalized spacial score (nSPS) is 35.7. The number of ether oxygens (including phenoxy) is 10. The van der Waals surface area contributed by atoms with Crippen LogP contribution >= 0.6 is 0 Å². The third-order valence-corrected chi connectivity index (χ3v) is 8.98. The van der Waals surface area contributed by atoms with E-state index in [-0.39, 0.29) is 18.6 Å². The fourth-order valence-electron chi connectivity index (χ4n) is 6.36. The number of carbonyl (C=O) groups excluding carboxylic acids is 5. The summed E-state index contributed by atoms with van der Waals surface area (Å²) in [6, 6.07) is 3.39. The number of hydrogen-bond acceptors (Lipinski definition) is 21. The van der Waals surface area contributed by atoms with Gasteiger partial charge in [-0.15, -0.1) is 6.58 Å². The molecule has 0 amide bonds. The quantitative estimate of drug-likeness (QED) is 0.0799. The summed E-state index contributed by atoms with van der Waals surface area (Å²) in [5, 5.41) is 62.6. The minimum absolute atomic E-state index is 0.0881. The van der Waals surface area contributed by atoms with Crippen molar-refractivity contribution in [3.63, 3.8) is 0 Å². The van der Waals surface area contributed by atoms with Crippen molar-refractivity contribution in [1.82, 2.24) is 0 Å². The van der Waals surface area contributed by atoms with Crippen molar-refractivity contribution in [2.75, 3.05) is 13.2 Å². The molecular weight excluding hydrogens is 744 g/mol. The summed E-state index contributed by atoms with van der Waals surface area (Å²) in [5.41, 5.74) is -2.74. The van der Waals surface area contributed by atoms with Gasteiger partial charge in [0.2, 0.25) is 31.3 Å². The molecule has 4 aliphatic heterocycles. The number of benzene rings is 1. The number of phenols is 1. The average molecular weight is 785 g/mol. The van der Waals surface area contributed by atoms with Crippen LogP contribution in [0.1, 0.15) is 37.6 Å². The van der Waals surface area contributed by atoms with E-state index in [2.05, 4.69) is 6.58 Å². The molecule has 0 aliphatic carbocycles. The lowest BCUT2D eigenvalue weighted by atomic mass is 9.76. The summed E-state index contributed by atoms with van der Waals surface area (Å²) in [5.74, 6) is -7.83. The Bertz CT molecular complexity index is 1680. The van der Waals surface area contributed by atoms with Crippen LogP contribution in [0.3, 0.4) is 0 Å². The number of aliphatic hydroxyl groups excluding tert-OH is 4. The van der Waals surface area contributed by atoms with Crippen LogP contribution in [0.4, 0.5) is 0 Å². The molecule has 0 saturated carbocycles. The highest BCUT2D eigenvalue weighted by Gasteiger charge is 2.58. The molecule has 21 nitrogen and oxygen atoms in total. The summed E-state index contributed by atoms with van der Waals surface area (Å²) >= 11 is 0. The third kappa shape index (κ3) is 8.53. The molecule has 3 unspecified atom stereocenters. The SMILES string of the molecule is C=CC1C(O[C@@H]2O[C@H](OC(C)=O)C(OC(=O)c3cccc(O[C@H]4O[C@H](CO)[C@@H](O)[C@H](O)[C@H]4O)c3O)[C@H](OC(C)=O)[C@H]2OC(C)=O)OC=C2C(=O)OCC[C@]21O. The second-order valence-corrected chi connectivity index (χ2v) is 12.7. The van der Waals surface area contributed by atoms with E-state index >= 15 is 0 Å². The number of aromatic hydroxyl groups is 1. The molecule has 3 fully saturated rings.